The highest BCUT2D eigenvalue weighted by molar-refractivity contribution is 5.85. The Bertz CT molecular complexity index is 565. The maximum absolute atomic E-state index is 10.1. The number of fused-ring (bicyclic) bond motifs is 3. The first-order valence-electron chi connectivity index (χ1n) is 7.24. The van der Waals surface area contributed by atoms with Gasteiger partial charge in [-0.05, 0) is 48.1 Å². The van der Waals surface area contributed by atoms with E-state index >= 15 is 0 Å². The fraction of sp³-hybridized carbons (Fsp3) is 0.412. The van der Waals surface area contributed by atoms with Crippen LogP contribution in [0.15, 0.2) is 23.2 Å². The average molecular weight is 270 g/mol. The largest absolute Gasteiger partial charge is 0.359 e. The molecule has 0 unspecified atom stereocenters. The molecule has 1 N–H and O–H groups in total. The van der Waals surface area contributed by atoms with Crippen molar-refractivity contribution in [3.05, 3.63) is 34.9 Å². The van der Waals surface area contributed by atoms with Crippen molar-refractivity contribution in [1.29, 1.82) is 0 Å². The van der Waals surface area contributed by atoms with Crippen LogP contribution in [0.4, 0.5) is 5.69 Å². The van der Waals surface area contributed by atoms with Crippen molar-refractivity contribution in [1.82, 2.24) is 5.32 Å². The molecule has 0 saturated heterocycles. The molecule has 106 valence electrons. The van der Waals surface area contributed by atoms with E-state index in [1.54, 1.807) is 7.05 Å². The third-order valence-corrected chi connectivity index (χ3v) is 3.83. The highest BCUT2D eigenvalue weighted by Gasteiger charge is 2.22. The van der Waals surface area contributed by atoms with Crippen molar-refractivity contribution < 1.29 is 4.79 Å². The number of carbonyl (C=O) groups excluding carboxylic acids is 1. The zero-order valence-corrected chi connectivity index (χ0v) is 12.5. The predicted octanol–water partition coefficient (Wildman–Crippen LogP) is 3.44. The summed E-state index contributed by atoms with van der Waals surface area (Å²) in [5.74, 6) is 0.0926. The number of hydrogen-bond acceptors (Lipinski definition) is 2. The summed E-state index contributed by atoms with van der Waals surface area (Å²) in [6, 6.07) is 4.41. The molecule has 3 nitrogen and oxygen atoms in total. The summed E-state index contributed by atoms with van der Waals surface area (Å²) in [5, 5.41) is 2.48. The van der Waals surface area contributed by atoms with Crippen LogP contribution < -0.4 is 5.32 Å². The number of allylic oxidation sites excluding steroid dienone is 2. The second-order valence-corrected chi connectivity index (χ2v) is 4.95. The third-order valence-electron chi connectivity index (χ3n) is 3.83. The van der Waals surface area contributed by atoms with Gasteiger partial charge < -0.3 is 5.32 Å². The molecule has 0 spiro atoms. The number of nitrogens with zero attached hydrogens (tertiary/aromatic N) is 1. The van der Waals surface area contributed by atoms with Crippen molar-refractivity contribution in [2.45, 2.75) is 39.5 Å². The van der Waals surface area contributed by atoms with Gasteiger partial charge >= 0.3 is 0 Å². The van der Waals surface area contributed by atoms with Gasteiger partial charge in [-0.25, -0.2) is 0 Å². The Morgan fingerprint density at radius 3 is 2.80 bits per heavy atom. The van der Waals surface area contributed by atoms with E-state index in [-0.39, 0.29) is 5.91 Å². The van der Waals surface area contributed by atoms with E-state index in [1.807, 2.05) is 13.1 Å². The number of carbonyl (C=O) groups is 1. The lowest BCUT2D eigenvalue weighted by Gasteiger charge is -2.07. The first-order valence-corrected chi connectivity index (χ1v) is 7.24. The molecule has 0 bridgehead atoms. The minimum absolute atomic E-state index is 0.0926. The maximum atomic E-state index is 10.1. The lowest BCUT2D eigenvalue weighted by molar-refractivity contribution is -0.120. The number of rotatable bonds is 1. The second-order valence-electron chi connectivity index (χ2n) is 4.95. The number of aryl methyl sites for hydroxylation is 1. The van der Waals surface area contributed by atoms with Crippen LogP contribution in [0, 0.1) is 0 Å². The van der Waals surface area contributed by atoms with Gasteiger partial charge in [0.2, 0.25) is 5.91 Å². The van der Waals surface area contributed by atoms with E-state index in [0.717, 1.165) is 6.42 Å². The van der Waals surface area contributed by atoms with Crippen molar-refractivity contribution in [3.63, 3.8) is 0 Å². The van der Waals surface area contributed by atoms with Gasteiger partial charge in [0.05, 0.1) is 5.69 Å². The van der Waals surface area contributed by atoms with Gasteiger partial charge in [-0.15, -0.1) is 0 Å². The van der Waals surface area contributed by atoms with Crippen molar-refractivity contribution in [3.8, 4) is 0 Å². The Balaban J connectivity index is 0.000000212. The van der Waals surface area contributed by atoms with Crippen LogP contribution in [0.25, 0.3) is 5.57 Å². The van der Waals surface area contributed by atoms with E-state index in [9.17, 15) is 4.79 Å². The molecule has 0 fully saturated rings. The van der Waals surface area contributed by atoms with Crippen LogP contribution in [0.3, 0.4) is 0 Å². The highest BCUT2D eigenvalue weighted by Crippen LogP contribution is 2.40. The molecule has 1 heterocycles. The normalized spacial score (nSPS) is 16.4. The summed E-state index contributed by atoms with van der Waals surface area (Å²) in [5.41, 5.74) is 7.17. The van der Waals surface area contributed by atoms with Gasteiger partial charge in [0.15, 0.2) is 0 Å². The number of benzene rings is 1. The summed E-state index contributed by atoms with van der Waals surface area (Å²) in [6.07, 6.45) is 8.30. The molecule has 1 aliphatic carbocycles. The van der Waals surface area contributed by atoms with E-state index in [2.05, 4.69) is 35.4 Å². The maximum Gasteiger partial charge on any atom is 0.219 e. The molecule has 2 aliphatic rings. The molecular formula is C17H22N2O. The lowest BCUT2D eigenvalue weighted by atomic mass is 9.98. The fourth-order valence-electron chi connectivity index (χ4n) is 2.72. The zero-order chi connectivity index (χ0) is 14.5. The SMILES string of the molecule is C/C=C1\CCc2ccc3c(c21)CC=N3.CCC(=O)NC. The molecule has 3 rings (SSSR count). The summed E-state index contributed by atoms with van der Waals surface area (Å²) >= 11 is 0. The van der Waals surface area contributed by atoms with Gasteiger partial charge in [-0.2, -0.15) is 0 Å². The highest BCUT2D eigenvalue weighted by atomic mass is 16.1. The molecule has 1 aromatic carbocycles. The van der Waals surface area contributed by atoms with Crippen LogP contribution >= 0.6 is 0 Å². The molecule has 0 saturated carbocycles. The molecule has 3 heteroatoms. The van der Waals surface area contributed by atoms with E-state index in [4.69, 9.17) is 0 Å². The van der Waals surface area contributed by atoms with Crippen LogP contribution in [0.5, 0.6) is 0 Å². The molecular weight excluding hydrogens is 248 g/mol. The second kappa shape index (κ2) is 6.51. The fourth-order valence-corrected chi connectivity index (χ4v) is 2.72. The van der Waals surface area contributed by atoms with Crippen molar-refractivity contribution in [2.75, 3.05) is 7.05 Å². The van der Waals surface area contributed by atoms with Crippen LogP contribution in [-0.2, 0) is 17.6 Å². The number of aliphatic imine (C=N–C) groups is 1. The number of hydrogen-bond donors (Lipinski definition) is 1. The van der Waals surface area contributed by atoms with Gasteiger partial charge in [-0.1, -0.05) is 19.1 Å². The topological polar surface area (TPSA) is 41.5 Å². The van der Waals surface area contributed by atoms with Crippen LogP contribution in [0.2, 0.25) is 0 Å². The quantitative estimate of drug-likeness (QED) is 0.834. The molecule has 0 radical (unpaired) electrons. The smallest absolute Gasteiger partial charge is 0.219 e. The van der Waals surface area contributed by atoms with Gasteiger partial charge in [-0.3, -0.25) is 9.79 Å². The lowest BCUT2D eigenvalue weighted by Crippen LogP contribution is -2.15. The van der Waals surface area contributed by atoms with Crippen LogP contribution in [-0.4, -0.2) is 19.2 Å². The first kappa shape index (κ1) is 14.5. The van der Waals surface area contributed by atoms with Crippen molar-refractivity contribution >= 4 is 23.4 Å². The summed E-state index contributed by atoms with van der Waals surface area (Å²) in [6.45, 7) is 3.96. The van der Waals surface area contributed by atoms with Gasteiger partial charge in [0, 0.05) is 26.1 Å². The van der Waals surface area contributed by atoms with Crippen molar-refractivity contribution in [2.24, 2.45) is 4.99 Å². The molecule has 1 aliphatic heterocycles. The Morgan fingerprint density at radius 1 is 1.40 bits per heavy atom. The first-order chi connectivity index (χ1) is 9.71. The minimum atomic E-state index is 0.0926. The molecule has 20 heavy (non-hydrogen) atoms. The number of nitrogens with one attached hydrogen (secondary N) is 1. The van der Waals surface area contributed by atoms with E-state index in [1.165, 1.54) is 40.8 Å². The average Bonchev–Trinajstić information content (AvgIpc) is 3.11. The third kappa shape index (κ3) is 2.82. The minimum Gasteiger partial charge on any atom is -0.359 e. The Hall–Kier alpha value is -1.90. The molecule has 1 amide bonds. The summed E-state index contributed by atoms with van der Waals surface area (Å²) < 4.78 is 0. The Kier molecular flexibility index (Phi) is 4.72. The molecule has 0 aromatic heterocycles. The van der Waals surface area contributed by atoms with Gasteiger partial charge in [0.25, 0.3) is 0 Å². The van der Waals surface area contributed by atoms with Crippen LogP contribution in [0.1, 0.15) is 43.4 Å². The Morgan fingerprint density at radius 2 is 2.20 bits per heavy atom. The summed E-state index contributed by atoms with van der Waals surface area (Å²) in [4.78, 5) is 14.5. The monoisotopic (exact) mass is 270 g/mol. The predicted molar refractivity (Wildman–Crippen MR) is 84.6 cm³/mol. The van der Waals surface area contributed by atoms with Gasteiger partial charge in [0.1, 0.15) is 0 Å². The zero-order valence-electron chi connectivity index (χ0n) is 12.5. The molecule has 0 atom stereocenters. The van der Waals surface area contributed by atoms with E-state index < -0.39 is 0 Å². The summed E-state index contributed by atoms with van der Waals surface area (Å²) in [7, 11) is 1.63. The number of amides is 1. The molecule has 1 aromatic rings. The van der Waals surface area contributed by atoms with E-state index in [0.29, 0.717) is 6.42 Å². The Labute approximate surface area is 120 Å². The standard InChI is InChI=1S/C13H13N.C4H9NO/c1-2-9-3-4-10-5-6-12-11(13(9)10)7-8-14-12;1-3-4(6)5-2/h2,5-6,8H,3-4,7H2,1H3;3H2,1-2H3,(H,5,6)/b9-2+;.